The fraction of sp³-hybridized carbons (Fsp3) is 0.286. The fourth-order valence-corrected chi connectivity index (χ4v) is 3.28. The van der Waals surface area contributed by atoms with E-state index in [9.17, 15) is 10.1 Å². The van der Waals surface area contributed by atoms with Crippen LogP contribution in [0, 0.1) is 28.6 Å². The Morgan fingerprint density at radius 1 is 1.08 bits per heavy atom. The van der Waals surface area contributed by atoms with Crippen molar-refractivity contribution in [3.05, 3.63) is 59.7 Å². The van der Waals surface area contributed by atoms with Gasteiger partial charge in [0.2, 0.25) is 5.91 Å². The van der Waals surface area contributed by atoms with Crippen LogP contribution < -0.4 is 9.80 Å². The molecule has 0 fully saturated rings. The molecule has 1 aliphatic rings. The van der Waals surface area contributed by atoms with Gasteiger partial charge in [0.05, 0.1) is 29.1 Å². The highest BCUT2D eigenvalue weighted by molar-refractivity contribution is 5.99. The molecular weight excluding hydrogens is 324 g/mol. The van der Waals surface area contributed by atoms with E-state index in [4.69, 9.17) is 5.26 Å². The summed E-state index contributed by atoms with van der Waals surface area (Å²) in [4.78, 5) is 17.0. The summed E-state index contributed by atoms with van der Waals surface area (Å²) in [5, 5.41) is 18.5. The highest BCUT2D eigenvalue weighted by Crippen LogP contribution is 2.32. The molecule has 5 heteroatoms. The zero-order valence-electron chi connectivity index (χ0n) is 14.7. The van der Waals surface area contributed by atoms with Crippen molar-refractivity contribution < 1.29 is 4.79 Å². The summed E-state index contributed by atoms with van der Waals surface area (Å²) in [6.45, 7) is 1.47. The molecule has 0 aliphatic carbocycles. The highest BCUT2D eigenvalue weighted by Gasteiger charge is 2.29. The number of para-hydroxylation sites is 2. The quantitative estimate of drug-likeness (QED) is 0.858. The van der Waals surface area contributed by atoms with Gasteiger partial charge in [-0.2, -0.15) is 10.5 Å². The second-order valence-corrected chi connectivity index (χ2v) is 6.45. The molecular formula is C21H20N4O. The lowest BCUT2D eigenvalue weighted by Crippen LogP contribution is -2.37. The molecule has 2 aromatic carbocycles. The van der Waals surface area contributed by atoms with Gasteiger partial charge in [0, 0.05) is 20.1 Å². The molecule has 0 N–H and O–H groups in total. The molecule has 0 spiro atoms. The van der Waals surface area contributed by atoms with Gasteiger partial charge in [0.15, 0.2) is 0 Å². The minimum atomic E-state index is -0.751. The molecule has 1 heterocycles. The van der Waals surface area contributed by atoms with Gasteiger partial charge in [0.25, 0.3) is 0 Å². The Morgan fingerprint density at radius 3 is 2.42 bits per heavy atom. The summed E-state index contributed by atoms with van der Waals surface area (Å²) in [6.07, 6.45) is 1.20. The van der Waals surface area contributed by atoms with E-state index >= 15 is 0 Å². The Hall–Kier alpha value is -3.31. The van der Waals surface area contributed by atoms with Crippen LogP contribution in [-0.2, 0) is 11.2 Å². The van der Waals surface area contributed by atoms with E-state index in [1.54, 1.807) is 29.2 Å². The van der Waals surface area contributed by atoms with Crippen LogP contribution in [-0.4, -0.2) is 26.0 Å². The second-order valence-electron chi connectivity index (χ2n) is 6.45. The first-order valence-corrected chi connectivity index (χ1v) is 8.64. The monoisotopic (exact) mass is 344 g/mol. The smallest absolute Gasteiger partial charge is 0.244 e. The molecule has 1 amide bonds. The summed E-state index contributed by atoms with van der Waals surface area (Å²) in [7, 11) is 2.02. The highest BCUT2D eigenvalue weighted by atomic mass is 16.2. The van der Waals surface area contributed by atoms with Gasteiger partial charge in [-0.25, -0.2) is 0 Å². The third kappa shape index (κ3) is 3.53. The molecule has 0 saturated carbocycles. The van der Waals surface area contributed by atoms with E-state index in [1.807, 2.05) is 31.3 Å². The molecule has 130 valence electrons. The molecule has 1 unspecified atom stereocenters. The lowest BCUT2D eigenvalue weighted by molar-refractivity contribution is -0.120. The number of nitriles is 2. The van der Waals surface area contributed by atoms with Crippen molar-refractivity contribution in [3.8, 4) is 12.1 Å². The minimum Gasteiger partial charge on any atom is -0.373 e. The topological polar surface area (TPSA) is 71.1 Å². The van der Waals surface area contributed by atoms with E-state index < -0.39 is 5.92 Å². The zero-order valence-corrected chi connectivity index (χ0v) is 14.7. The van der Waals surface area contributed by atoms with Crippen LogP contribution in [0.15, 0.2) is 48.5 Å². The zero-order chi connectivity index (χ0) is 18.5. The number of anilines is 2. The average molecular weight is 344 g/mol. The lowest BCUT2D eigenvalue weighted by atomic mass is 9.98. The average Bonchev–Trinajstić information content (AvgIpc) is 2.85. The number of carbonyl (C=O) groups is 1. The first kappa shape index (κ1) is 17.5. The number of hydrogen-bond donors (Lipinski definition) is 0. The number of hydrogen-bond acceptors (Lipinski definition) is 4. The molecule has 0 aromatic heterocycles. The summed E-state index contributed by atoms with van der Waals surface area (Å²) >= 11 is 0. The molecule has 1 atom stereocenters. The van der Waals surface area contributed by atoms with Crippen LogP contribution in [0.4, 0.5) is 11.4 Å². The second kappa shape index (κ2) is 7.72. The summed E-state index contributed by atoms with van der Waals surface area (Å²) < 4.78 is 0. The SMILES string of the molecule is CN1CCCN(C(=O)C(C#N)Cc2ccc(C#N)cc2)c2ccccc21. The van der Waals surface area contributed by atoms with Crippen LogP contribution in [0.3, 0.4) is 0 Å². The number of fused-ring (bicyclic) bond motifs is 1. The van der Waals surface area contributed by atoms with Crippen molar-refractivity contribution in [3.63, 3.8) is 0 Å². The van der Waals surface area contributed by atoms with E-state index in [0.717, 1.165) is 29.9 Å². The van der Waals surface area contributed by atoms with E-state index in [2.05, 4.69) is 17.0 Å². The van der Waals surface area contributed by atoms with Crippen LogP contribution in [0.2, 0.25) is 0 Å². The molecule has 2 aromatic rings. The van der Waals surface area contributed by atoms with Gasteiger partial charge in [-0.05, 0) is 42.7 Å². The summed E-state index contributed by atoms with van der Waals surface area (Å²) in [5.74, 6) is -0.918. The lowest BCUT2D eigenvalue weighted by Gasteiger charge is -2.26. The van der Waals surface area contributed by atoms with Crippen molar-refractivity contribution in [2.24, 2.45) is 5.92 Å². The van der Waals surface area contributed by atoms with Crippen molar-refractivity contribution in [2.45, 2.75) is 12.8 Å². The van der Waals surface area contributed by atoms with Crippen molar-refractivity contribution in [1.82, 2.24) is 0 Å². The van der Waals surface area contributed by atoms with Crippen molar-refractivity contribution >= 4 is 17.3 Å². The van der Waals surface area contributed by atoms with Crippen LogP contribution in [0.25, 0.3) is 0 Å². The number of nitrogens with zero attached hydrogens (tertiary/aromatic N) is 4. The number of carbonyl (C=O) groups excluding carboxylic acids is 1. The minimum absolute atomic E-state index is 0.167. The molecule has 0 bridgehead atoms. The molecule has 0 radical (unpaired) electrons. The number of amides is 1. The predicted molar refractivity (Wildman–Crippen MR) is 101 cm³/mol. The van der Waals surface area contributed by atoms with Gasteiger partial charge in [0.1, 0.15) is 5.92 Å². The fourth-order valence-electron chi connectivity index (χ4n) is 3.28. The van der Waals surface area contributed by atoms with Crippen molar-refractivity contribution in [2.75, 3.05) is 29.9 Å². The standard InChI is InChI=1S/C21H20N4O/c1-24-11-4-12-25(20-6-3-2-5-19(20)24)21(26)18(15-23)13-16-7-9-17(14-22)10-8-16/h2-3,5-10,18H,4,11-13H2,1H3. The molecule has 0 saturated heterocycles. The Balaban J connectivity index is 1.85. The van der Waals surface area contributed by atoms with E-state index in [0.29, 0.717) is 18.5 Å². The van der Waals surface area contributed by atoms with Gasteiger partial charge in [-0.3, -0.25) is 4.79 Å². The molecule has 3 rings (SSSR count). The van der Waals surface area contributed by atoms with Gasteiger partial charge in [-0.15, -0.1) is 0 Å². The van der Waals surface area contributed by atoms with Crippen molar-refractivity contribution in [1.29, 1.82) is 10.5 Å². The Morgan fingerprint density at radius 2 is 1.77 bits per heavy atom. The number of rotatable bonds is 3. The Kier molecular flexibility index (Phi) is 5.20. The van der Waals surface area contributed by atoms with Crippen LogP contribution in [0.1, 0.15) is 17.5 Å². The molecule has 5 nitrogen and oxygen atoms in total. The first-order chi connectivity index (χ1) is 12.6. The predicted octanol–water partition coefficient (Wildman–Crippen LogP) is 3.11. The Bertz CT molecular complexity index is 876. The van der Waals surface area contributed by atoms with Gasteiger partial charge in [-0.1, -0.05) is 24.3 Å². The Labute approximate surface area is 153 Å². The number of benzene rings is 2. The maximum Gasteiger partial charge on any atom is 0.244 e. The van der Waals surface area contributed by atoms with Crippen LogP contribution >= 0.6 is 0 Å². The summed E-state index contributed by atoms with van der Waals surface area (Å²) in [6, 6.07) is 19.1. The maximum atomic E-state index is 13.1. The first-order valence-electron chi connectivity index (χ1n) is 8.64. The third-order valence-electron chi connectivity index (χ3n) is 4.70. The van der Waals surface area contributed by atoms with E-state index in [1.165, 1.54) is 0 Å². The normalized spacial score (nSPS) is 14.6. The third-order valence-corrected chi connectivity index (χ3v) is 4.70. The molecule has 1 aliphatic heterocycles. The maximum absolute atomic E-state index is 13.1. The van der Waals surface area contributed by atoms with E-state index in [-0.39, 0.29) is 5.91 Å². The molecule has 26 heavy (non-hydrogen) atoms. The van der Waals surface area contributed by atoms with Gasteiger partial charge >= 0.3 is 0 Å². The van der Waals surface area contributed by atoms with Gasteiger partial charge < -0.3 is 9.80 Å². The van der Waals surface area contributed by atoms with Crippen LogP contribution in [0.5, 0.6) is 0 Å². The summed E-state index contributed by atoms with van der Waals surface area (Å²) in [5.41, 5.74) is 3.31. The largest absolute Gasteiger partial charge is 0.373 e.